The predicted molar refractivity (Wildman–Crippen MR) is 62.2 cm³/mol. The summed E-state index contributed by atoms with van der Waals surface area (Å²) < 4.78 is 18.5. The van der Waals surface area contributed by atoms with E-state index >= 15 is 0 Å². The molecule has 2 heterocycles. The van der Waals surface area contributed by atoms with E-state index in [1.165, 1.54) is 19.3 Å². The van der Waals surface area contributed by atoms with E-state index < -0.39 is 5.82 Å². The zero-order valence-corrected chi connectivity index (χ0v) is 9.73. The third kappa shape index (κ3) is 3.52. The highest BCUT2D eigenvalue weighted by Crippen LogP contribution is 2.13. The topological polar surface area (TPSA) is 64.3 Å². The molecule has 0 saturated carbocycles. The quantitative estimate of drug-likeness (QED) is 0.852. The third-order valence-corrected chi connectivity index (χ3v) is 2.83. The lowest BCUT2D eigenvalue weighted by molar-refractivity contribution is 0.177. The van der Waals surface area contributed by atoms with Crippen LogP contribution in [0.4, 0.5) is 10.3 Å². The lowest BCUT2D eigenvalue weighted by Gasteiger charge is -2.26. The van der Waals surface area contributed by atoms with Crippen molar-refractivity contribution in [2.75, 3.05) is 32.0 Å². The first kappa shape index (κ1) is 12.0. The number of rotatable bonds is 4. The van der Waals surface area contributed by atoms with Crippen LogP contribution in [0.3, 0.4) is 0 Å². The number of hydrogen-bond donors (Lipinski definition) is 1. The van der Waals surface area contributed by atoms with Crippen LogP contribution in [-0.2, 0) is 0 Å². The molecule has 1 aromatic heterocycles. The monoisotopic (exact) mass is 240 g/mol. The number of hydrogen-bond acceptors (Lipinski definition) is 5. The molecule has 0 aliphatic carbocycles. The highest BCUT2D eigenvalue weighted by atomic mass is 19.1. The van der Waals surface area contributed by atoms with Gasteiger partial charge in [0, 0.05) is 6.54 Å². The van der Waals surface area contributed by atoms with E-state index in [2.05, 4.69) is 14.9 Å². The van der Waals surface area contributed by atoms with Crippen molar-refractivity contribution >= 4 is 5.95 Å². The molecule has 0 radical (unpaired) electrons. The zero-order chi connectivity index (χ0) is 12.1. The van der Waals surface area contributed by atoms with Crippen LogP contribution in [-0.4, -0.2) is 41.1 Å². The Labute approximate surface area is 99.8 Å². The molecule has 1 saturated heterocycles. The standard InChI is InChI=1S/C11H17FN4O/c12-9-8-14-11(13)15-10(9)17-7-6-16-4-2-1-3-5-16/h8H,1-7H2,(H2,13,14,15). The predicted octanol–water partition coefficient (Wildman–Crippen LogP) is 1.06. The normalized spacial score (nSPS) is 17.0. The fourth-order valence-corrected chi connectivity index (χ4v) is 1.92. The van der Waals surface area contributed by atoms with E-state index in [-0.39, 0.29) is 11.8 Å². The van der Waals surface area contributed by atoms with E-state index in [1.807, 2.05) is 0 Å². The smallest absolute Gasteiger partial charge is 0.255 e. The van der Waals surface area contributed by atoms with Gasteiger partial charge in [0.05, 0.1) is 6.20 Å². The Morgan fingerprint density at radius 1 is 1.35 bits per heavy atom. The number of ether oxygens (including phenoxy) is 1. The van der Waals surface area contributed by atoms with E-state index in [9.17, 15) is 4.39 Å². The lowest BCUT2D eigenvalue weighted by atomic mass is 10.1. The number of aromatic nitrogens is 2. The maximum atomic E-state index is 13.2. The highest BCUT2D eigenvalue weighted by molar-refractivity contribution is 5.22. The average Bonchev–Trinajstić information content (AvgIpc) is 2.35. The van der Waals surface area contributed by atoms with E-state index in [0.29, 0.717) is 6.61 Å². The lowest BCUT2D eigenvalue weighted by Crippen LogP contribution is -2.33. The van der Waals surface area contributed by atoms with Crippen molar-refractivity contribution in [1.29, 1.82) is 0 Å². The molecular weight excluding hydrogens is 223 g/mol. The number of nitrogens with zero attached hydrogens (tertiary/aromatic N) is 3. The molecular formula is C11H17FN4O. The Morgan fingerprint density at radius 2 is 2.12 bits per heavy atom. The largest absolute Gasteiger partial charge is 0.474 e. The Bertz CT molecular complexity index is 368. The van der Waals surface area contributed by atoms with Crippen LogP contribution in [0.15, 0.2) is 6.20 Å². The number of piperidine rings is 1. The summed E-state index contributed by atoms with van der Waals surface area (Å²) in [4.78, 5) is 9.56. The minimum Gasteiger partial charge on any atom is -0.474 e. The first-order valence-electron chi connectivity index (χ1n) is 5.89. The average molecular weight is 240 g/mol. The van der Waals surface area contributed by atoms with E-state index in [0.717, 1.165) is 25.8 Å². The molecule has 1 aliphatic heterocycles. The van der Waals surface area contributed by atoms with Crippen molar-refractivity contribution in [3.8, 4) is 5.88 Å². The van der Waals surface area contributed by atoms with Crippen molar-refractivity contribution in [1.82, 2.24) is 14.9 Å². The molecule has 1 aromatic rings. The summed E-state index contributed by atoms with van der Waals surface area (Å²) >= 11 is 0. The Balaban J connectivity index is 1.79. The molecule has 0 atom stereocenters. The van der Waals surface area contributed by atoms with Gasteiger partial charge in [0.25, 0.3) is 5.88 Å². The Morgan fingerprint density at radius 3 is 2.88 bits per heavy atom. The van der Waals surface area contributed by atoms with Gasteiger partial charge in [0.15, 0.2) is 0 Å². The molecule has 0 spiro atoms. The summed E-state index contributed by atoms with van der Waals surface area (Å²) in [5.74, 6) is -0.605. The van der Waals surface area contributed by atoms with Crippen LogP contribution in [0.2, 0.25) is 0 Å². The second kappa shape index (κ2) is 5.77. The fraction of sp³-hybridized carbons (Fsp3) is 0.636. The van der Waals surface area contributed by atoms with Gasteiger partial charge in [-0.3, -0.25) is 4.90 Å². The molecule has 5 nitrogen and oxygen atoms in total. The first-order chi connectivity index (χ1) is 8.25. The van der Waals surface area contributed by atoms with Crippen LogP contribution < -0.4 is 10.5 Å². The Hall–Kier alpha value is -1.43. The SMILES string of the molecule is Nc1ncc(F)c(OCCN2CCCCC2)n1. The van der Waals surface area contributed by atoms with E-state index in [4.69, 9.17) is 10.5 Å². The molecule has 1 fully saturated rings. The molecule has 6 heteroatoms. The second-order valence-electron chi connectivity index (χ2n) is 4.13. The molecule has 17 heavy (non-hydrogen) atoms. The van der Waals surface area contributed by atoms with Gasteiger partial charge in [0.1, 0.15) is 6.61 Å². The first-order valence-corrected chi connectivity index (χ1v) is 5.89. The summed E-state index contributed by atoms with van der Waals surface area (Å²) in [5, 5.41) is 0. The highest BCUT2D eigenvalue weighted by Gasteiger charge is 2.11. The number of halogens is 1. The van der Waals surface area contributed by atoms with Gasteiger partial charge in [-0.2, -0.15) is 9.37 Å². The minimum absolute atomic E-state index is 0.0272. The maximum Gasteiger partial charge on any atom is 0.255 e. The van der Waals surface area contributed by atoms with Gasteiger partial charge in [-0.1, -0.05) is 6.42 Å². The van der Waals surface area contributed by atoms with Crippen molar-refractivity contribution in [3.05, 3.63) is 12.0 Å². The molecule has 2 rings (SSSR count). The van der Waals surface area contributed by atoms with Crippen molar-refractivity contribution < 1.29 is 9.13 Å². The number of nitrogens with two attached hydrogens (primary N) is 1. The molecule has 2 N–H and O–H groups in total. The molecule has 0 unspecified atom stereocenters. The third-order valence-electron chi connectivity index (χ3n) is 2.83. The summed E-state index contributed by atoms with van der Waals surface area (Å²) in [5.41, 5.74) is 5.36. The number of nitrogen functional groups attached to an aromatic ring is 1. The molecule has 0 bridgehead atoms. The molecule has 0 aromatic carbocycles. The zero-order valence-electron chi connectivity index (χ0n) is 9.73. The van der Waals surface area contributed by atoms with Gasteiger partial charge < -0.3 is 10.5 Å². The second-order valence-corrected chi connectivity index (χ2v) is 4.13. The van der Waals surface area contributed by atoms with Gasteiger partial charge in [0.2, 0.25) is 11.8 Å². The van der Waals surface area contributed by atoms with Crippen LogP contribution in [0.1, 0.15) is 19.3 Å². The van der Waals surface area contributed by atoms with Gasteiger partial charge >= 0.3 is 0 Å². The Kier molecular flexibility index (Phi) is 4.08. The van der Waals surface area contributed by atoms with E-state index in [1.54, 1.807) is 0 Å². The minimum atomic E-state index is -0.571. The molecule has 1 aliphatic rings. The van der Waals surface area contributed by atoms with Gasteiger partial charge in [-0.05, 0) is 25.9 Å². The summed E-state index contributed by atoms with van der Waals surface area (Å²) in [6.45, 7) is 3.41. The number of likely N-dealkylation sites (tertiary alicyclic amines) is 1. The van der Waals surface area contributed by atoms with Gasteiger partial charge in [-0.15, -0.1) is 0 Å². The van der Waals surface area contributed by atoms with Crippen LogP contribution in [0.25, 0.3) is 0 Å². The van der Waals surface area contributed by atoms with Crippen LogP contribution in [0, 0.1) is 5.82 Å². The molecule has 94 valence electrons. The summed E-state index contributed by atoms with van der Waals surface area (Å²) in [6, 6.07) is 0. The molecule has 0 amide bonds. The van der Waals surface area contributed by atoms with Crippen molar-refractivity contribution in [3.63, 3.8) is 0 Å². The fourth-order valence-electron chi connectivity index (χ4n) is 1.92. The van der Waals surface area contributed by atoms with Gasteiger partial charge in [-0.25, -0.2) is 4.98 Å². The number of anilines is 1. The summed E-state index contributed by atoms with van der Waals surface area (Å²) in [6.07, 6.45) is 4.79. The van der Waals surface area contributed by atoms with Crippen molar-refractivity contribution in [2.45, 2.75) is 19.3 Å². The van der Waals surface area contributed by atoms with Crippen LogP contribution >= 0.6 is 0 Å². The van der Waals surface area contributed by atoms with Crippen molar-refractivity contribution in [2.24, 2.45) is 0 Å². The maximum absolute atomic E-state index is 13.2. The van der Waals surface area contributed by atoms with Crippen LogP contribution in [0.5, 0.6) is 5.88 Å². The summed E-state index contributed by atoms with van der Waals surface area (Å²) in [7, 11) is 0.